The Hall–Kier alpha value is -1.06. The first-order valence-electron chi connectivity index (χ1n) is 7.55. The van der Waals surface area contributed by atoms with Crippen LogP contribution in [0.1, 0.15) is 50.8 Å². The van der Waals surface area contributed by atoms with E-state index >= 15 is 0 Å². The molecule has 3 heteroatoms. The Kier molecular flexibility index (Phi) is 3.30. The highest BCUT2D eigenvalue weighted by Gasteiger charge is 2.40. The van der Waals surface area contributed by atoms with Crippen LogP contribution in [-0.4, -0.2) is 25.9 Å². The van der Waals surface area contributed by atoms with Gasteiger partial charge in [-0.05, 0) is 44.5 Å². The molecule has 3 nitrogen and oxygen atoms in total. The van der Waals surface area contributed by atoms with Gasteiger partial charge in [-0.2, -0.15) is 0 Å². The van der Waals surface area contributed by atoms with Crippen molar-refractivity contribution in [1.29, 1.82) is 0 Å². The van der Waals surface area contributed by atoms with Crippen LogP contribution in [0, 0.1) is 0 Å². The molecule has 0 aromatic heterocycles. The van der Waals surface area contributed by atoms with Crippen molar-refractivity contribution in [2.24, 2.45) is 0 Å². The van der Waals surface area contributed by atoms with Gasteiger partial charge < -0.3 is 14.8 Å². The summed E-state index contributed by atoms with van der Waals surface area (Å²) in [5, 5.41) is 3.45. The van der Waals surface area contributed by atoms with Crippen LogP contribution < -0.4 is 10.1 Å². The van der Waals surface area contributed by atoms with E-state index in [0.29, 0.717) is 0 Å². The maximum Gasteiger partial charge on any atom is 0.123 e. The van der Waals surface area contributed by atoms with E-state index in [-0.39, 0.29) is 17.1 Å². The van der Waals surface area contributed by atoms with Crippen LogP contribution in [0.3, 0.4) is 0 Å². The molecule has 1 aromatic carbocycles. The molecule has 2 atom stereocenters. The molecule has 110 valence electrons. The lowest BCUT2D eigenvalue weighted by atomic mass is 9.82. The number of hydrogen-bond acceptors (Lipinski definition) is 3. The monoisotopic (exact) mass is 275 g/mol. The third-order valence-electron chi connectivity index (χ3n) is 4.80. The summed E-state index contributed by atoms with van der Waals surface area (Å²) in [7, 11) is 2.02. The topological polar surface area (TPSA) is 30.5 Å². The highest BCUT2D eigenvalue weighted by molar-refractivity contribution is 5.46. The van der Waals surface area contributed by atoms with Crippen molar-refractivity contribution in [2.45, 2.75) is 50.7 Å². The molecule has 0 spiro atoms. The van der Waals surface area contributed by atoms with Gasteiger partial charge in [0.05, 0.1) is 18.2 Å². The summed E-state index contributed by atoms with van der Waals surface area (Å²) in [4.78, 5) is 0. The number of benzene rings is 1. The van der Waals surface area contributed by atoms with Crippen LogP contribution in [0.25, 0.3) is 0 Å². The molecule has 2 unspecified atom stereocenters. The van der Waals surface area contributed by atoms with Gasteiger partial charge in [0, 0.05) is 17.6 Å². The molecule has 0 bridgehead atoms. The molecule has 3 rings (SSSR count). The van der Waals surface area contributed by atoms with E-state index < -0.39 is 0 Å². The minimum Gasteiger partial charge on any atom is -0.492 e. The quantitative estimate of drug-likeness (QED) is 0.919. The van der Waals surface area contributed by atoms with Crippen LogP contribution >= 0.6 is 0 Å². The molecule has 1 saturated heterocycles. The standard InChI is InChI=1S/C17H25NO2/c1-16(2)11-19-14-7-6-12(10-13(14)16)15(18-4)17(3)8-5-9-20-17/h6-7,10,15,18H,5,8-9,11H2,1-4H3. The highest BCUT2D eigenvalue weighted by Crippen LogP contribution is 2.42. The van der Waals surface area contributed by atoms with Crippen LogP contribution in [-0.2, 0) is 10.2 Å². The van der Waals surface area contributed by atoms with E-state index in [1.165, 1.54) is 11.1 Å². The summed E-state index contributed by atoms with van der Waals surface area (Å²) in [6, 6.07) is 6.82. The van der Waals surface area contributed by atoms with Crippen molar-refractivity contribution in [3.05, 3.63) is 29.3 Å². The number of hydrogen-bond donors (Lipinski definition) is 1. The molecule has 1 N–H and O–H groups in total. The molecule has 0 aliphatic carbocycles. The Balaban J connectivity index is 1.97. The maximum atomic E-state index is 6.03. The maximum absolute atomic E-state index is 6.03. The van der Waals surface area contributed by atoms with Gasteiger partial charge in [0.25, 0.3) is 0 Å². The Morgan fingerprint density at radius 1 is 1.25 bits per heavy atom. The molecule has 1 aromatic rings. The zero-order valence-electron chi connectivity index (χ0n) is 13.0. The van der Waals surface area contributed by atoms with Crippen molar-refractivity contribution in [2.75, 3.05) is 20.3 Å². The van der Waals surface area contributed by atoms with Crippen molar-refractivity contribution in [1.82, 2.24) is 5.32 Å². The SMILES string of the molecule is CNC(c1ccc2c(c1)C(C)(C)CO2)C1(C)CCCO1. The lowest BCUT2D eigenvalue weighted by Crippen LogP contribution is -2.39. The number of fused-ring (bicyclic) bond motifs is 1. The first-order chi connectivity index (χ1) is 9.46. The minimum atomic E-state index is -0.105. The zero-order valence-corrected chi connectivity index (χ0v) is 13.0. The molecule has 2 aliphatic heterocycles. The van der Waals surface area contributed by atoms with Crippen molar-refractivity contribution < 1.29 is 9.47 Å². The van der Waals surface area contributed by atoms with Gasteiger partial charge in [0.2, 0.25) is 0 Å². The third-order valence-corrected chi connectivity index (χ3v) is 4.80. The van der Waals surface area contributed by atoms with Crippen LogP contribution in [0.4, 0.5) is 0 Å². The van der Waals surface area contributed by atoms with E-state index in [2.05, 4.69) is 44.3 Å². The first-order valence-corrected chi connectivity index (χ1v) is 7.55. The Bertz CT molecular complexity index is 504. The summed E-state index contributed by atoms with van der Waals surface area (Å²) in [5.41, 5.74) is 2.61. The van der Waals surface area contributed by atoms with Gasteiger partial charge in [-0.1, -0.05) is 19.9 Å². The van der Waals surface area contributed by atoms with Gasteiger partial charge >= 0.3 is 0 Å². The summed E-state index contributed by atoms with van der Waals surface area (Å²) in [5.74, 6) is 1.03. The van der Waals surface area contributed by atoms with Crippen LogP contribution in [0.2, 0.25) is 0 Å². The normalized spacial score (nSPS) is 29.0. The molecular formula is C17H25NO2. The van der Waals surface area contributed by atoms with Crippen molar-refractivity contribution in [3.8, 4) is 5.75 Å². The fourth-order valence-corrected chi connectivity index (χ4v) is 3.57. The predicted octanol–water partition coefficient (Wildman–Crippen LogP) is 3.19. The van der Waals surface area contributed by atoms with Gasteiger partial charge in [-0.15, -0.1) is 0 Å². The molecule has 0 saturated carbocycles. The first kappa shape index (κ1) is 13.9. The van der Waals surface area contributed by atoms with Crippen LogP contribution in [0.15, 0.2) is 18.2 Å². The smallest absolute Gasteiger partial charge is 0.123 e. The second-order valence-corrected chi connectivity index (χ2v) is 6.91. The number of likely N-dealkylation sites (N-methyl/N-ethyl adjacent to an activating group) is 1. The second-order valence-electron chi connectivity index (χ2n) is 6.91. The van der Waals surface area contributed by atoms with Gasteiger partial charge in [0.15, 0.2) is 0 Å². The van der Waals surface area contributed by atoms with Gasteiger partial charge in [-0.25, -0.2) is 0 Å². The third kappa shape index (κ3) is 2.13. The van der Waals surface area contributed by atoms with Gasteiger partial charge in [0.1, 0.15) is 5.75 Å². The molecular weight excluding hydrogens is 250 g/mol. The average molecular weight is 275 g/mol. The second kappa shape index (κ2) is 4.74. The lowest BCUT2D eigenvalue weighted by Gasteiger charge is -2.34. The zero-order chi connectivity index (χ0) is 14.4. The van der Waals surface area contributed by atoms with Crippen molar-refractivity contribution in [3.63, 3.8) is 0 Å². The molecule has 2 heterocycles. The fourth-order valence-electron chi connectivity index (χ4n) is 3.57. The molecule has 1 fully saturated rings. The number of rotatable bonds is 3. The van der Waals surface area contributed by atoms with Crippen molar-refractivity contribution >= 4 is 0 Å². The highest BCUT2D eigenvalue weighted by atomic mass is 16.5. The number of ether oxygens (including phenoxy) is 2. The molecule has 2 aliphatic rings. The van der Waals surface area contributed by atoms with Gasteiger partial charge in [-0.3, -0.25) is 0 Å². The summed E-state index contributed by atoms with van der Waals surface area (Å²) >= 11 is 0. The van der Waals surface area contributed by atoms with E-state index in [1.807, 2.05) is 7.05 Å². The Labute approximate surface area is 121 Å². The summed E-state index contributed by atoms with van der Waals surface area (Å²) < 4.78 is 11.8. The summed E-state index contributed by atoms with van der Waals surface area (Å²) in [6.45, 7) is 8.34. The predicted molar refractivity (Wildman–Crippen MR) is 80.4 cm³/mol. The Morgan fingerprint density at radius 3 is 2.70 bits per heavy atom. The molecule has 20 heavy (non-hydrogen) atoms. The number of nitrogens with one attached hydrogen (secondary N) is 1. The fraction of sp³-hybridized carbons (Fsp3) is 0.647. The molecule has 0 amide bonds. The van der Waals surface area contributed by atoms with E-state index in [1.54, 1.807) is 0 Å². The average Bonchev–Trinajstić information content (AvgIpc) is 2.96. The largest absolute Gasteiger partial charge is 0.492 e. The lowest BCUT2D eigenvalue weighted by molar-refractivity contribution is -0.0105. The minimum absolute atomic E-state index is 0.0983. The van der Waals surface area contributed by atoms with Crippen LogP contribution in [0.5, 0.6) is 5.75 Å². The molecule has 0 radical (unpaired) electrons. The van der Waals surface area contributed by atoms with E-state index in [0.717, 1.165) is 31.8 Å². The van der Waals surface area contributed by atoms with E-state index in [4.69, 9.17) is 9.47 Å². The summed E-state index contributed by atoms with van der Waals surface area (Å²) in [6.07, 6.45) is 2.25. The Morgan fingerprint density at radius 2 is 2.05 bits per heavy atom. The van der Waals surface area contributed by atoms with E-state index in [9.17, 15) is 0 Å².